The van der Waals surface area contributed by atoms with Crippen LogP contribution in [0.15, 0.2) is 24.3 Å². The van der Waals surface area contributed by atoms with E-state index in [0.717, 1.165) is 12.8 Å². The Kier molecular flexibility index (Phi) is 7.92. The molecule has 1 nitrogen and oxygen atoms in total. The van der Waals surface area contributed by atoms with E-state index in [9.17, 15) is 0 Å². The fourth-order valence-corrected chi connectivity index (χ4v) is 2.06. The van der Waals surface area contributed by atoms with Gasteiger partial charge < -0.3 is 5.11 Å². The van der Waals surface area contributed by atoms with Gasteiger partial charge in [-0.05, 0) is 31.6 Å². The first kappa shape index (κ1) is 13.7. The highest BCUT2D eigenvalue weighted by Crippen LogP contribution is 2.27. The molecular formula is C12H21ClO. The van der Waals surface area contributed by atoms with Gasteiger partial charge >= 0.3 is 0 Å². The van der Waals surface area contributed by atoms with Gasteiger partial charge in [-0.25, -0.2) is 0 Å². The number of hydrogen-bond acceptors (Lipinski definition) is 1. The second kappa shape index (κ2) is 8.07. The molecule has 82 valence electrons. The lowest BCUT2D eigenvalue weighted by Gasteiger charge is -2.23. The molecule has 0 saturated carbocycles. The second-order valence-electron chi connectivity index (χ2n) is 3.72. The number of halogens is 1. The lowest BCUT2D eigenvalue weighted by molar-refractivity contribution is 0.336. The van der Waals surface area contributed by atoms with Crippen molar-refractivity contribution in [1.82, 2.24) is 0 Å². The molecule has 2 heteroatoms. The van der Waals surface area contributed by atoms with Gasteiger partial charge in [0.05, 0.1) is 6.61 Å². The molecule has 0 saturated heterocycles. The number of allylic oxidation sites excluding steroid dienone is 2. The summed E-state index contributed by atoms with van der Waals surface area (Å²) in [4.78, 5) is 0. The number of rotatable bonds is 7. The first-order chi connectivity index (χ1) is 6.67. The summed E-state index contributed by atoms with van der Waals surface area (Å²) in [7, 11) is 0. The maximum Gasteiger partial charge on any atom is 0.0615 e. The lowest BCUT2D eigenvalue weighted by atomic mass is 9.83. The van der Waals surface area contributed by atoms with Gasteiger partial charge in [0.2, 0.25) is 0 Å². The van der Waals surface area contributed by atoms with Crippen molar-refractivity contribution in [1.29, 1.82) is 0 Å². The molecule has 0 fully saturated rings. The molecular weight excluding hydrogens is 196 g/mol. The smallest absolute Gasteiger partial charge is 0.0615 e. The minimum atomic E-state index is 0.118. The van der Waals surface area contributed by atoms with E-state index in [1.54, 1.807) is 0 Å². The Labute approximate surface area is 92.5 Å². The van der Waals surface area contributed by atoms with Crippen molar-refractivity contribution in [2.24, 2.45) is 11.8 Å². The van der Waals surface area contributed by atoms with Gasteiger partial charge in [-0.3, -0.25) is 0 Å². The first-order valence-electron chi connectivity index (χ1n) is 5.11. The van der Waals surface area contributed by atoms with E-state index < -0.39 is 0 Å². The van der Waals surface area contributed by atoms with Crippen LogP contribution in [-0.4, -0.2) is 17.6 Å². The van der Waals surface area contributed by atoms with E-state index in [2.05, 4.69) is 20.4 Å². The van der Waals surface area contributed by atoms with Crippen molar-refractivity contribution < 1.29 is 5.11 Å². The van der Waals surface area contributed by atoms with Gasteiger partial charge in [-0.2, -0.15) is 0 Å². The Morgan fingerprint density at radius 2 is 2.21 bits per heavy atom. The molecule has 0 aliphatic heterocycles. The van der Waals surface area contributed by atoms with Crippen LogP contribution >= 0.6 is 11.6 Å². The fourth-order valence-electron chi connectivity index (χ4n) is 1.72. The Hall–Kier alpha value is -0.270. The van der Waals surface area contributed by atoms with Crippen molar-refractivity contribution in [2.75, 3.05) is 12.5 Å². The summed E-state index contributed by atoms with van der Waals surface area (Å²) in [5.74, 6) is 1.72. The highest BCUT2D eigenvalue weighted by molar-refractivity contribution is 6.17. The van der Waals surface area contributed by atoms with Crippen LogP contribution in [0.4, 0.5) is 0 Å². The number of hydrogen-bond donors (Lipinski definition) is 1. The summed E-state index contributed by atoms with van der Waals surface area (Å²) >= 11 is 5.73. The molecule has 0 heterocycles. The zero-order valence-corrected chi connectivity index (χ0v) is 9.93. The molecule has 0 amide bonds. The summed E-state index contributed by atoms with van der Waals surface area (Å²) in [5, 5.41) is 8.84. The minimum Gasteiger partial charge on any atom is -0.392 e. The molecule has 0 aliphatic rings. The maximum absolute atomic E-state index is 8.84. The van der Waals surface area contributed by atoms with Crippen molar-refractivity contribution in [3.63, 3.8) is 0 Å². The summed E-state index contributed by atoms with van der Waals surface area (Å²) in [6.45, 7) is 8.15. The molecule has 14 heavy (non-hydrogen) atoms. The highest BCUT2D eigenvalue weighted by Gasteiger charge is 2.16. The molecule has 0 aromatic heterocycles. The third-order valence-electron chi connectivity index (χ3n) is 2.67. The summed E-state index contributed by atoms with van der Waals surface area (Å²) in [6.07, 6.45) is 5.78. The molecule has 2 atom stereocenters. The predicted molar refractivity (Wildman–Crippen MR) is 63.6 cm³/mol. The molecule has 0 unspecified atom stereocenters. The number of alkyl halides is 1. The molecule has 0 rings (SSSR count). The predicted octanol–water partition coefficient (Wildman–Crippen LogP) is 3.38. The largest absolute Gasteiger partial charge is 0.392 e. The Morgan fingerprint density at radius 1 is 1.57 bits per heavy atom. The number of aliphatic hydroxyl groups is 1. The van der Waals surface area contributed by atoms with Crippen LogP contribution in [0.1, 0.15) is 26.7 Å². The van der Waals surface area contributed by atoms with Crippen molar-refractivity contribution in [2.45, 2.75) is 26.7 Å². The van der Waals surface area contributed by atoms with E-state index in [0.29, 0.717) is 17.7 Å². The maximum atomic E-state index is 8.84. The van der Waals surface area contributed by atoms with Crippen molar-refractivity contribution in [3.8, 4) is 0 Å². The Bertz CT molecular complexity index is 187. The molecule has 1 N–H and O–H groups in total. The highest BCUT2D eigenvalue weighted by atomic mass is 35.5. The lowest BCUT2D eigenvalue weighted by Crippen LogP contribution is -2.13. The third-order valence-corrected chi connectivity index (χ3v) is 2.89. The molecule has 0 aromatic carbocycles. The van der Waals surface area contributed by atoms with Crippen LogP contribution in [0.3, 0.4) is 0 Å². The first-order valence-corrected chi connectivity index (χ1v) is 5.65. The Balaban J connectivity index is 4.40. The second-order valence-corrected chi connectivity index (χ2v) is 4.09. The van der Waals surface area contributed by atoms with Crippen LogP contribution in [0.5, 0.6) is 0 Å². The topological polar surface area (TPSA) is 20.2 Å². The van der Waals surface area contributed by atoms with E-state index in [4.69, 9.17) is 16.7 Å². The molecule has 0 radical (unpaired) electrons. The van der Waals surface area contributed by atoms with Gasteiger partial charge in [0.15, 0.2) is 0 Å². The van der Waals surface area contributed by atoms with Crippen LogP contribution in [-0.2, 0) is 0 Å². The minimum absolute atomic E-state index is 0.118. The molecule has 0 spiro atoms. The van der Waals surface area contributed by atoms with Gasteiger partial charge in [0.25, 0.3) is 0 Å². The number of aliphatic hydroxyl groups excluding tert-OH is 1. The average Bonchev–Trinajstić information content (AvgIpc) is 2.14. The van der Waals surface area contributed by atoms with E-state index >= 15 is 0 Å². The molecule has 0 aliphatic carbocycles. The fraction of sp³-hybridized carbons (Fsp3) is 0.667. The zero-order chi connectivity index (χ0) is 11.0. The normalized spacial score (nSPS) is 16.4. The van der Waals surface area contributed by atoms with E-state index in [-0.39, 0.29) is 6.61 Å². The van der Waals surface area contributed by atoms with Crippen LogP contribution < -0.4 is 0 Å². The third kappa shape index (κ3) is 4.83. The SMILES string of the molecule is C=CC[C@H](/C(C)=C\CO)[C@H](C)CCCl. The van der Waals surface area contributed by atoms with Gasteiger partial charge in [0.1, 0.15) is 0 Å². The van der Waals surface area contributed by atoms with Gasteiger partial charge in [-0.1, -0.05) is 24.6 Å². The van der Waals surface area contributed by atoms with E-state index in [1.807, 2.05) is 12.2 Å². The molecule has 0 aromatic rings. The van der Waals surface area contributed by atoms with Crippen LogP contribution in [0.25, 0.3) is 0 Å². The van der Waals surface area contributed by atoms with Gasteiger partial charge in [-0.15, -0.1) is 18.2 Å². The average molecular weight is 217 g/mol. The summed E-state index contributed by atoms with van der Waals surface area (Å²) < 4.78 is 0. The zero-order valence-electron chi connectivity index (χ0n) is 9.17. The standard InChI is InChI=1S/C12H21ClO/c1-4-5-12(10(2)6-8-13)11(3)7-9-14/h4,7,10,12,14H,1,5-6,8-9H2,2-3H3/b11-7-/t10-,12+/m1/s1. The quantitative estimate of drug-likeness (QED) is 0.511. The molecule has 0 bridgehead atoms. The van der Waals surface area contributed by atoms with Crippen molar-refractivity contribution in [3.05, 3.63) is 24.3 Å². The summed E-state index contributed by atoms with van der Waals surface area (Å²) in [6, 6.07) is 0. The van der Waals surface area contributed by atoms with Crippen LogP contribution in [0.2, 0.25) is 0 Å². The van der Waals surface area contributed by atoms with Gasteiger partial charge in [0, 0.05) is 5.88 Å². The van der Waals surface area contributed by atoms with E-state index in [1.165, 1.54) is 5.57 Å². The monoisotopic (exact) mass is 216 g/mol. The van der Waals surface area contributed by atoms with Crippen LogP contribution in [0, 0.1) is 11.8 Å². The van der Waals surface area contributed by atoms with Crippen molar-refractivity contribution >= 4 is 11.6 Å². The Morgan fingerprint density at radius 3 is 2.64 bits per heavy atom. The summed E-state index contributed by atoms with van der Waals surface area (Å²) in [5.41, 5.74) is 1.24.